The third kappa shape index (κ3) is 1.42. The van der Waals surface area contributed by atoms with Gasteiger partial charge in [-0.05, 0) is 12.1 Å². The van der Waals surface area contributed by atoms with Crippen LogP contribution in [0.1, 0.15) is 0 Å². The Morgan fingerprint density at radius 2 is 2.33 bits per heavy atom. The van der Waals surface area contributed by atoms with Crippen molar-refractivity contribution >= 4 is 11.8 Å². The zero-order valence-electron chi connectivity index (χ0n) is 6.56. The molecule has 2 nitrogen and oxygen atoms in total. The van der Waals surface area contributed by atoms with Crippen molar-refractivity contribution in [3.63, 3.8) is 0 Å². The summed E-state index contributed by atoms with van der Waals surface area (Å²) in [6.07, 6.45) is -0.0371. The van der Waals surface area contributed by atoms with E-state index in [-0.39, 0.29) is 12.7 Å². The van der Waals surface area contributed by atoms with Crippen LogP contribution < -0.4 is 4.74 Å². The number of aliphatic hydroxyl groups excluding tert-OH is 1. The van der Waals surface area contributed by atoms with Crippen molar-refractivity contribution in [3.05, 3.63) is 24.3 Å². The largest absolute Gasteiger partial charge is 0.486 e. The molecule has 1 aromatic rings. The second kappa shape index (κ2) is 3.37. The van der Waals surface area contributed by atoms with Crippen LogP contribution in [0.5, 0.6) is 5.75 Å². The average molecular weight is 182 g/mol. The van der Waals surface area contributed by atoms with E-state index in [9.17, 15) is 0 Å². The molecular weight excluding hydrogens is 172 g/mol. The van der Waals surface area contributed by atoms with Gasteiger partial charge in [0.15, 0.2) is 0 Å². The van der Waals surface area contributed by atoms with Crippen LogP contribution in [-0.4, -0.2) is 23.6 Å². The molecule has 0 unspecified atom stereocenters. The second-order valence-electron chi connectivity index (χ2n) is 2.68. The number of fused-ring (bicyclic) bond motifs is 1. The molecule has 2 rings (SSSR count). The number of para-hydroxylation sites is 1. The SMILES string of the molecule is OC[C@H]1CSc2ccccc2O1. The monoisotopic (exact) mass is 182 g/mol. The van der Waals surface area contributed by atoms with Gasteiger partial charge in [0, 0.05) is 10.6 Å². The summed E-state index contributed by atoms with van der Waals surface area (Å²) in [5.41, 5.74) is 0. The molecule has 1 heterocycles. The molecule has 0 bridgehead atoms. The minimum absolute atomic E-state index is 0.0371. The Balaban J connectivity index is 2.23. The Bertz CT molecular complexity index is 275. The summed E-state index contributed by atoms with van der Waals surface area (Å²) in [5, 5.41) is 8.88. The Kier molecular flexibility index (Phi) is 2.23. The normalized spacial score (nSPS) is 21.2. The summed E-state index contributed by atoms with van der Waals surface area (Å²) < 4.78 is 5.51. The summed E-state index contributed by atoms with van der Waals surface area (Å²) in [7, 11) is 0. The fraction of sp³-hybridized carbons (Fsp3) is 0.333. The first kappa shape index (κ1) is 7.95. The standard InChI is InChI=1S/C9H10O2S/c10-5-7-6-12-9-4-2-1-3-8(9)11-7/h1-4,7,10H,5-6H2/t7-/m0/s1. The third-order valence-electron chi connectivity index (χ3n) is 1.77. The number of aliphatic hydroxyl groups is 1. The maximum Gasteiger partial charge on any atom is 0.133 e. The van der Waals surface area contributed by atoms with E-state index in [4.69, 9.17) is 9.84 Å². The zero-order valence-corrected chi connectivity index (χ0v) is 7.38. The number of benzene rings is 1. The number of thioether (sulfide) groups is 1. The first-order valence-corrected chi connectivity index (χ1v) is 4.88. The van der Waals surface area contributed by atoms with Gasteiger partial charge in [-0.3, -0.25) is 0 Å². The molecule has 1 aliphatic rings. The van der Waals surface area contributed by atoms with E-state index >= 15 is 0 Å². The lowest BCUT2D eigenvalue weighted by Crippen LogP contribution is -2.26. The van der Waals surface area contributed by atoms with Crippen molar-refractivity contribution in [3.8, 4) is 5.75 Å². The Morgan fingerprint density at radius 3 is 3.17 bits per heavy atom. The van der Waals surface area contributed by atoms with Crippen LogP contribution in [0.2, 0.25) is 0 Å². The molecular formula is C9H10O2S. The van der Waals surface area contributed by atoms with E-state index in [1.165, 1.54) is 4.90 Å². The molecule has 0 saturated carbocycles. The van der Waals surface area contributed by atoms with E-state index in [0.717, 1.165) is 11.5 Å². The highest BCUT2D eigenvalue weighted by Crippen LogP contribution is 2.34. The van der Waals surface area contributed by atoms with E-state index < -0.39 is 0 Å². The fourth-order valence-electron chi connectivity index (χ4n) is 1.15. The van der Waals surface area contributed by atoms with Gasteiger partial charge in [-0.2, -0.15) is 0 Å². The van der Waals surface area contributed by atoms with E-state index in [1.807, 2.05) is 24.3 Å². The molecule has 0 aromatic heterocycles. The Hall–Kier alpha value is -0.670. The van der Waals surface area contributed by atoms with E-state index in [0.29, 0.717) is 0 Å². The molecule has 3 heteroatoms. The van der Waals surface area contributed by atoms with Crippen LogP contribution in [0.15, 0.2) is 29.2 Å². The molecule has 0 spiro atoms. The topological polar surface area (TPSA) is 29.5 Å². The van der Waals surface area contributed by atoms with Crippen LogP contribution in [0.3, 0.4) is 0 Å². The molecule has 0 amide bonds. The van der Waals surface area contributed by atoms with Gasteiger partial charge in [0.25, 0.3) is 0 Å². The van der Waals surface area contributed by atoms with Crippen LogP contribution in [-0.2, 0) is 0 Å². The van der Waals surface area contributed by atoms with Crippen LogP contribution in [0.25, 0.3) is 0 Å². The predicted octanol–water partition coefficient (Wildman–Crippen LogP) is 1.53. The molecule has 64 valence electrons. The molecule has 1 aromatic carbocycles. The number of hydrogen-bond donors (Lipinski definition) is 1. The summed E-state index contributed by atoms with van der Waals surface area (Å²) in [4.78, 5) is 1.17. The first-order chi connectivity index (χ1) is 5.90. The Labute approximate surface area is 75.6 Å². The van der Waals surface area contributed by atoms with Gasteiger partial charge in [0.2, 0.25) is 0 Å². The quantitative estimate of drug-likeness (QED) is 0.714. The summed E-state index contributed by atoms with van der Waals surface area (Å²) in [6.45, 7) is 0.0985. The lowest BCUT2D eigenvalue weighted by Gasteiger charge is -2.23. The first-order valence-electron chi connectivity index (χ1n) is 3.89. The van der Waals surface area contributed by atoms with Crippen LogP contribution >= 0.6 is 11.8 Å². The van der Waals surface area contributed by atoms with Crippen LogP contribution in [0.4, 0.5) is 0 Å². The highest BCUT2D eigenvalue weighted by Gasteiger charge is 2.18. The van der Waals surface area contributed by atoms with Crippen molar-refractivity contribution in [2.45, 2.75) is 11.0 Å². The van der Waals surface area contributed by atoms with Gasteiger partial charge in [-0.15, -0.1) is 11.8 Å². The molecule has 1 aliphatic heterocycles. The van der Waals surface area contributed by atoms with E-state index in [1.54, 1.807) is 11.8 Å². The van der Waals surface area contributed by atoms with Gasteiger partial charge in [-0.25, -0.2) is 0 Å². The number of ether oxygens (including phenoxy) is 1. The average Bonchev–Trinajstić information content (AvgIpc) is 2.17. The molecule has 0 radical (unpaired) electrons. The maximum atomic E-state index is 8.88. The lowest BCUT2D eigenvalue weighted by atomic mass is 10.3. The molecule has 1 atom stereocenters. The van der Waals surface area contributed by atoms with Crippen molar-refractivity contribution in [2.24, 2.45) is 0 Å². The third-order valence-corrected chi connectivity index (χ3v) is 2.96. The minimum Gasteiger partial charge on any atom is -0.486 e. The summed E-state index contributed by atoms with van der Waals surface area (Å²) in [5.74, 6) is 1.74. The number of rotatable bonds is 1. The second-order valence-corrected chi connectivity index (χ2v) is 3.74. The molecule has 12 heavy (non-hydrogen) atoms. The fourth-order valence-corrected chi connectivity index (χ4v) is 2.13. The molecule has 1 N–H and O–H groups in total. The maximum absolute atomic E-state index is 8.88. The Morgan fingerprint density at radius 1 is 1.50 bits per heavy atom. The van der Waals surface area contributed by atoms with Gasteiger partial charge in [-0.1, -0.05) is 12.1 Å². The number of hydrogen-bond acceptors (Lipinski definition) is 3. The van der Waals surface area contributed by atoms with Crippen LogP contribution in [0, 0.1) is 0 Å². The van der Waals surface area contributed by atoms with Crippen molar-refractivity contribution < 1.29 is 9.84 Å². The molecule has 0 saturated heterocycles. The van der Waals surface area contributed by atoms with Gasteiger partial charge < -0.3 is 9.84 Å². The van der Waals surface area contributed by atoms with Crippen molar-refractivity contribution in [2.75, 3.05) is 12.4 Å². The summed E-state index contributed by atoms with van der Waals surface area (Å²) >= 11 is 1.74. The van der Waals surface area contributed by atoms with Gasteiger partial charge in [0.05, 0.1) is 6.61 Å². The van der Waals surface area contributed by atoms with Crippen molar-refractivity contribution in [1.82, 2.24) is 0 Å². The highest BCUT2D eigenvalue weighted by atomic mass is 32.2. The van der Waals surface area contributed by atoms with Gasteiger partial charge in [0.1, 0.15) is 11.9 Å². The molecule has 0 aliphatic carbocycles. The summed E-state index contributed by atoms with van der Waals surface area (Å²) in [6, 6.07) is 7.91. The molecule has 0 fully saturated rings. The predicted molar refractivity (Wildman–Crippen MR) is 48.7 cm³/mol. The smallest absolute Gasteiger partial charge is 0.133 e. The zero-order chi connectivity index (χ0) is 8.39. The van der Waals surface area contributed by atoms with Crippen molar-refractivity contribution in [1.29, 1.82) is 0 Å². The van der Waals surface area contributed by atoms with Gasteiger partial charge >= 0.3 is 0 Å². The minimum atomic E-state index is -0.0371. The van der Waals surface area contributed by atoms with E-state index in [2.05, 4.69) is 0 Å². The lowest BCUT2D eigenvalue weighted by molar-refractivity contribution is 0.127. The highest BCUT2D eigenvalue weighted by molar-refractivity contribution is 7.99.